The molecule has 0 heterocycles. The van der Waals surface area contributed by atoms with Crippen LogP contribution in [0.4, 0.5) is 14.1 Å². The van der Waals surface area contributed by atoms with Crippen LogP contribution >= 0.6 is 37.9 Å². The summed E-state index contributed by atoms with van der Waals surface area (Å²) in [5.41, 5.74) is 4.26. The molecule has 3 rings (SSSR count). The van der Waals surface area contributed by atoms with E-state index in [1.165, 1.54) is 74.5 Å². The lowest BCUT2D eigenvalue weighted by Crippen LogP contribution is -1.82. The van der Waals surface area contributed by atoms with Gasteiger partial charge in [0.15, 0.2) is 0 Å². The van der Waals surface area contributed by atoms with Crippen molar-refractivity contribution in [3.05, 3.63) is 89.5 Å². The molecule has 0 fully saturated rings. The average Bonchev–Trinajstić information content (AvgIpc) is 2.84. The van der Waals surface area contributed by atoms with Crippen LogP contribution in [0.1, 0.15) is 76.0 Å². The highest BCUT2D eigenvalue weighted by Crippen LogP contribution is 2.11. The van der Waals surface area contributed by atoms with Crippen LogP contribution in [0, 0.1) is 0 Å². The maximum Gasteiger partial charge on any atom is 0.00401 e. The smallest absolute Gasteiger partial charge is 0.00401 e. The molecule has 0 saturated carbocycles. The van der Waals surface area contributed by atoms with Gasteiger partial charge in [-0.25, -0.2) is 0 Å². The van der Waals surface area contributed by atoms with E-state index in [-0.39, 0.29) is 14.1 Å². The van der Waals surface area contributed by atoms with Crippen molar-refractivity contribution in [1.82, 2.24) is 0 Å². The van der Waals surface area contributed by atoms with Crippen LogP contribution in [0.15, 0.2) is 87.5 Å². The predicted octanol–water partition coefficient (Wildman–Crippen LogP) is 10.4. The maximum atomic E-state index is 4.22. The van der Waals surface area contributed by atoms with Gasteiger partial charge in [0, 0.05) is 14.7 Å². The molecule has 0 aliphatic rings. The number of thiol groups is 3. The van der Waals surface area contributed by atoms with Gasteiger partial charge in [-0.05, 0) is 91.6 Å². The number of aryl methyl sites for hydroxylation is 3. The topological polar surface area (TPSA) is 0 Å². The van der Waals surface area contributed by atoms with E-state index in [0.29, 0.717) is 0 Å². The van der Waals surface area contributed by atoms with Crippen molar-refractivity contribution >= 4 is 37.9 Å². The van der Waals surface area contributed by atoms with Crippen LogP contribution in [0.3, 0.4) is 0 Å². The summed E-state index contributed by atoms with van der Waals surface area (Å²) < 4.78 is 0. The molecule has 204 valence electrons. The molecule has 0 nitrogen and oxygen atoms in total. The summed E-state index contributed by atoms with van der Waals surface area (Å²) in [5.74, 6) is 0. The van der Waals surface area contributed by atoms with Crippen molar-refractivity contribution in [2.75, 3.05) is 0 Å². The molecule has 6 heteroatoms. The Kier molecular flexibility index (Phi) is 27.3. The molecule has 0 saturated heterocycles. The fourth-order valence-electron chi connectivity index (χ4n) is 3.13. The van der Waals surface area contributed by atoms with Crippen molar-refractivity contribution < 1.29 is 14.1 Å². The quantitative estimate of drug-likeness (QED) is 0.214. The molecule has 0 aliphatic carbocycles. The van der Waals surface area contributed by atoms with Crippen molar-refractivity contribution in [3.63, 3.8) is 0 Å². The normalized spacial score (nSPS) is 9.17. The predicted molar refractivity (Wildman–Crippen MR) is 164 cm³/mol. The number of halogens is 3. The fourth-order valence-corrected chi connectivity index (χ4v) is 3.58. The zero-order valence-corrected chi connectivity index (χ0v) is 24.5. The molecular weight excluding hydrogens is 514 g/mol. The standard InChI is InChI=1S/3C10H14S.3FH/c3*1-2-3-4-9-5-7-10(11)8-6-9;;;/h3*5-8,11H,2-4H2,1H3;3*1H. The second kappa shape index (κ2) is 25.2. The van der Waals surface area contributed by atoms with Crippen LogP contribution in [0.2, 0.25) is 0 Å². The molecule has 0 unspecified atom stereocenters. The SMILES string of the molecule is CCCCc1ccc(S)cc1.CCCCc1ccc(S)cc1.CCCCc1ccc(S)cc1.F.F.F. The fraction of sp³-hybridized carbons (Fsp3) is 0.400. The van der Waals surface area contributed by atoms with Crippen LogP contribution in [-0.4, -0.2) is 0 Å². The molecule has 0 aliphatic heterocycles. The Morgan fingerprint density at radius 3 is 0.750 bits per heavy atom. The number of hydrogen-bond donors (Lipinski definition) is 3. The highest BCUT2D eigenvalue weighted by molar-refractivity contribution is 7.80. The molecule has 36 heavy (non-hydrogen) atoms. The van der Waals surface area contributed by atoms with E-state index in [4.69, 9.17) is 0 Å². The first-order valence-electron chi connectivity index (χ1n) is 12.3. The van der Waals surface area contributed by atoms with Gasteiger partial charge in [0.05, 0.1) is 0 Å². The van der Waals surface area contributed by atoms with E-state index < -0.39 is 0 Å². The molecule has 3 aromatic rings. The molecule has 0 bridgehead atoms. The summed E-state index contributed by atoms with van der Waals surface area (Å²) in [6.45, 7) is 6.65. The summed E-state index contributed by atoms with van der Waals surface area (Å²) in [6, 6.07) is 25.2. The Morgan fingerprint density at radius 2 is 0.583 bits per heavy atom. The van der Waals surface area contributed by atoms with Crippen molar-refractivity contribution in [2.45, 2.75) is 93.2 Å². The first-order chi connectivity index (χ1) is 16.0. The van der Waals surface area contributed by atoms with Gasteiger partial charge in [-0.15, -0.1) is 37.9 Å². The summed E-state index contributed by atoms with van der Waals surface area (Å²) >= 11 is 12.7. The Morgan fingerprint density at radius 1 is 0.389 bits per heavy atom. The largest absolute Gasteiger partial charge is 0.269 e. The van der Waals surface area contributed by atoms with E-state index >= 15 is 0 Å². The van der Waals surface area contributed by atoms with Gasteiger partial charge >= 0.3 is 0 Å². The van der Waals surface area contributed by atoms with Crippen molar-refractivity contribution in [2.24, 2.45) is 0 Å². The van der Waals surface area contributed by atoms with Gasteiger partial charge in [-0.2, -0.15) is 0 Å². The zero-order chi connectivity index (χ0) is 24.3. The number of rotatable bonds is 9. The van der Waals surface area contributed by atoms with Crippen molar-refractivity contribution in [1.29, 1.82) is 0 Å². The van der Waals surface area contributed by atoms with E-state index in [1.807, 2.05) is 36.4 Å². The highest BCUT2D eigenvalue weighted by Gasteiger charge is 1.92. The number of benzene rings is 3. The lowest BCUT2D eigenvalue weighted by molar-refractivity contribution is 0.794. The maximum absolute atomic E-state index is 4.22. The van der Waals surface area contributed by atoms with Gasteiger partial charge in [-0.3, -0.25) is 14.1 Å². The molecule has 3 aromatic carbocycles. The van der Waals surface area contributed by atoms with Gasteiger partial charge in [-0.1, -0.05) is 76.4 Å². The monoisotopic (exact) mass is 558 g/mol. The Labute approximate surface area is 234 Å². The molecule has 0 amide bonds. The molecule has 0 aromatic heterocycles. The minimum atomic E-state index is 0. The Hall–Kier alpha value is -1.50. The third-order valence-corrected chi connectivity index (χ3v) is 6.16. The first kappa shape index (κ1) is 39.0. The molecule has 0 atom stereocenters. The van der Waals surface area contributed by atoms with Crippen molar-refractivity contribution in [3.8, 4) is 0 Å². The van der Waals surface area contributed by atoms with E-state index in [1.54, 1.807) is 0 Å². The Bertz CT molecular complexity index is 734. The van der Waals surface area contributed by atoms with Gasteiger partial charge in [0.2, 0.25) is 0 Å². The summed E-state index contributed by atoms with van der Waals surface area (Å²) in [6.07, 6.45) is 11.2. The molecular formula is C30H45F3S3. The third-order valence-electron chi connectivity index (χ3n) is 5.27. The van der Waals surface area contributed by atoms with E-state index in [9.17, 15) is 0 Å². The Balaban J connectivity index is -0.000000436. The summed E-state index contributed by atoms with van der Waals surface area (Å²) in [7, 11) is 0. The first-order valence-corrected chi connectivity index (χ1v) is 13.7. The lowest BCUT2D eigenvalue weighted by atomic mass is 10.1. The zero-order valence-electron chi connectivity index (χ0n) is 21.9. The summed E-state index contributed by atoms with van der Waals surface area (Å²) in [4.78, 5) is 3.14. The third kappa shape index (κ3) is 19.7. The molecule has 0 N–H and O–H groups in total. The number of hydrogen-bond acceptors (Lipinski definition) is 3. The van der Waals surface area contributed by atoms with Gasteiger partial charge in [0.1, 0.15) is 0 Å². The van der Waals surface area contributed by atoms with Gasteiger partial charge in [0.25, 0.3) is 0 Å². The van der Waals surface area contributed by atoms with Gasteiger partial charge < -0.3 is 0 Å². The van der Waals surface area contributed by atoms with Crippen LogP contribution in [-0.2, 0) is 19.3 Å². The summed E-state index contributed by atoms with van der Waals surface area (Å²) in [5, 5.41) is 0. The average molecular weight is 559 g/mol. The molecule has 0 spiro atoms. The van der Waals surface area contributed by atoms with E-state index in [0.717, 1.165) is 14.7 Å². The van der Waals surface area contributed by atoms with Crippen LogP contribution in [0.25, 0.3) is 0 Å². The second-order valence-corrected chi connectivity index (χ2v) is 9.86. The number of unbranched alkanes of at least 4 members (excludes halogenated alkanes) is 3. The molecule has 0 radical (unpaired) electrons. The minimum Gasteiger partial charge on any atom is -0.269 e. The lowest BCUT2D eigenvalue weighted by Gasteiger charge is -1.98. The van der Waals surface area contributed by atoms with Crippen LogP contribution < -0.4 is 0 Å². The van der Waals surface area contributed by atoms with Crippen LogP contribution in [0.5, 0.6) is 0 Å². The second-order valence-electron chi connectivity index (χ2n) is 8.31. The van der Waals surface area contributed by atoms with E-state index in [2.05, 4.69) is 95.1 Å². The minimum absolute atomic E-state index is 0. The highest BCUT2D eigenvalue weighted by atomic mass is 32.1.